The number of hydrogen-bond acceptors (Lipinski definition) is 4. The van der Waals surface area contributed by atoms with Gasteiger partial charge in [-0.25, -0.2) is 9.37 Å². The standard InChI is InChI=1S/C17H15F4N5/c1-9-10(2)24-15-22-8-23-26(15)14(9)25-16(5-6-16)11-3-4-12(13(18)7-11)17(19,20)21/h3-4,7-8,25H,5-6H2,1-2H3. The number of alkyl halides is 3. The molecular weight excluding hydrogens is 350 g/mol. The topological polar surface area (TPSA) is 55.1 Å². The summed E-state index contributed by atoms with van der Waals surface area (Å²) in [6.07, 6.45) is -1.98. The molecule has 4 rings (SSSR count). The second kappa shape index (κ2) is 5.39. The average molecular weight is 365 g/mol. The van der Waals surface area contributed by atoms with Gasteiger partial charge in [0.25, 0.3) is 5.78 Å². The summed E-state index contributed by atoms with van der Waals surface area (Å²) in [6, 6.07) is 3.08. The molecule has 0 saturated heterocycles. The van der Waals surface area contributed by atoms with E-state index >= 15 is 0 Å². The lowest BCUT2D eigenvalue weighted by atomic mass is 10.0. The van der Waals surface area contributed by atoms with Gasteiger partial charge in [-0.05, 0) is 44.4 Å². The molecule has 9 heteroatoms. The lowest BCUT2D eigenvalue weighted by molar-refractivity contribution is -0.140. The van der Waals surface area contributed by atoms with Crippen molar-refractivity contribution in [2.24, 2.45) is 0 Å². The third-order valence-electron chi connectivity index (χ3n) is 4.84. The van der Waals surface area contributed by atoms with Crippen molar-refractivity contribution in [3.8, 4) is 0 Å². The quantitative estimate of drug-likeness (QED) is 0.713. The van der Waals surface area contributed by atoms with Crippen LogP contribution in [-0.2, 0) is 11.7 Å². The molecule has 3 aromatic rings. The van der Waals surface area contributed by atoms with Crippen molar-refractivity contribution in [2.45, 2.75) is 38.4 Å². The first-order chi connectivity index (χ1) is 12.2. The van der Waals surface area contributed by atoms with Gasteiger partial charge < -0.3 is 5.32 Å². The Balaban J connectivity index is 1.75. The number of nitrogens with zero attached hydrogens (tertiary/aromatic N) is 4. The maximum atomic E-state index is 14.0. The number of halogens is 4. The van der Waals surface area contributed by atoms with Gasteiger partial charge in [0.05, 0.1) is 11.1 Å². The minimum atomic E-state index is -4.71. The van der Waals surface area contributed by atoms with Gasteiger partial charge in [0, 0.05) is 11.3 Å². The predicted molar refractivity (Wildman–Crippen MR) is 86.2 cm³/mol. The molecule has 1 saturated carbocycles. The smallest absolute Gasteiger partial charge is 0.360 e. The number of aromatic nitrogens is 4. The third-order valence-corrected chi connectivity index (χ3v) is 4.84. The Hall–Kier alpha value is -2.71. The summed E-state index contributed by atoms with van der Waals surface area (Å²) in [4.78, 5) is 8.41. The number of rotatable bonds is 3. The maximum Gasteiger partial charge on any atom is 0.419 e. The zero-order valence-electron chi connectivity index (χ0n) is 14.0. The van der Waals surface area contributed by atoms with Crippen LogP contribution >= 0.6 is 0 Å². The van der Waals surface area contributed by atoms with Gasteiger partial charge in [0.15, 0.2) is 0 Å². The van der Waals surface area contributed by atoms with Crippen LogP contribution in [0.1, 0.15) is 35.2 Å². The minimum absolute atomic E-state index is 0.421. The highest BCUT2D eigenvalue weighted by molar-refractivity contribution is 5.56. The van der Waals surface area contributed by atoms with Crippen molar-refractivity contribution >= 4 is 11.6 Å². The molecule has 136 valence electrons. The molecule has 1 aliphatic rings. The van der Waals surface area contributed by atoms with Crippen molar-refractivity contribution in [3.63, 3.8) is 0 Å². The molecule has 0 aliphatic heterocycles. The first-order valence-corrected chi connectivity index (χ1v) is 8.04. The van der Waals surface area contributed by atoms with Gasteiger partial charge in [-0.2, -0.15) is 27.8 Å². The third kappa shape index (κ3) is 2.58. The van der Waals surface area contributed by atoms with E-state index in [-0.39, 0.29) is 0 Å². The van der Waals surface area contributed by atoms with Crippen LogP contribution in [0.4, 0.5) is 23.4 Å². The predicted octanol–water partition coefficient (Wildman–Crippen LogP) is 4.00. The summed E-state index contributed by atoms with van der Waals surface area (Å²) in [7, 11) is 0. The molecule has 1 N–H and O–H groups in total. The van der Waals surface area contributed by atoms with E-state index in [4.69, 9.17) is 0 Å². The summed E-state index contributed by atoms with van der Waals surface area (Å²) in [5, 5.41) is 7.49. The first-order valence-electron chi connectivity index (χ1n) is 8.04. The van der Waals surface area contributed by atoms with E-state index in [1.807, 2.05) is 13.8 Å². The summed E-state index contributed by atoms with van der Waals surface area (Å²) < 4.78 is 53.9. The molecule has 0 amide bonds. The second-order valence-corrected chi connectivity index (χ2v) is 6.54. The number of nitrogens with one attached hydrogen (secondary N) is 1. The van der Waals surface area contributed by atoms with Gasteiger partial charge in [0.1, 0.15) is 18.0 Å². The van der Waals surface area contributed by atoms with E-state index < -0.39 is 23.1 Å². The lowest BCUT2D eigenvalue weighted by Gasteiger charge is -2.22. The fraction of sp³-hybridized carbons (Fsp3) is 0.353. The fourth-order valence-corrected chi connectivity index (χ4v) is 3.06. The van der Waals surface area contributed by atoms with Crippen molar-refractivity contribution in [2.75, 3.05) is 5.32 Å². The highest BCUT2D eigenvalue weighted by Crippen LogP contribution is 2.49. The van der Waals surface area contributed by atoms with Crippen molar-refractivity contribution < 1.29 is 17.6 Å². The Bertz CT molecular complexity index is 1000. The highest BCUT2D eigenvalue weighted by Gasteiger charge is 2.46. The van der Waals surface area contributed by atoms with Crippen LogP contribution < -0.4 is 5.32 Å². The summed E-state index contributed by atoms with van der Waals surface area (Å²) in [5.41, 5.74) is 0.211. The van der Waals surface area contributed by atoms with E-state index in [0.717, 1.165) is 23.4 Å². The monoisotopic (exact) mass is 365 g/mol. The molecule has 0 unspecified atom stereocenters. The van der Waals surface area contributed by atoms with Crippen molar-refractivity contribution in [1.82, 2.24) is 19.6 Å². The number of anilines is 1. The van der Waals surface area contributed by atoms with Crippen LogP contribution in [0, 0.1) is 19.7 Å². The molecule has 26 heavy (non-hydrogen) atoms. The zero-order valence-corrected chi connectivity index (χ0v) is 14.0. The SMILES string of the molecule is Cc1nc2ncnn2c(NC2(c3ccc(C(F)(F)F)c(F)c3)CC2)c1C. The molecule has 0 atom stereocenters. The molecular formula is C17H15F4N5. The zero-order chi connectivity index (χ0) is 18.7. The Labute approximate surface area is 146 Å². The lowest BCUT2D eigenvalue weighted by Crippen LogP contribution is -2.23. The molecule has 0 spiro atoms. The van der Waals surface area contributed by atoms with E-state index in [1.54, 1.807) is 4.52 Å². The Morgan fingerprint density at radius 1 is 1.19 bits per heavy atom. The van der Waals surface area contributed by atoms with Crippen LogP contribution in [0.25, 0.3) is 5.78 Å². The van der Waals surface area contributed by atoms with E-state index in [0.29, 0.717) is 30.0 Å². The van der Waals surface area contributed by atoms with Crippen LogP contribution in [0.15, 0.2) is 24.5 Å². The molecule has 1 aliphatic carbocycles. The Morgan fingerprint density at radius 2 is 1.92 bits per heavy atom. The van der Waals surface area contributed by atoms with E-state index in [2.05, 4.69) is 20.4 Å². The van der Waals surface area contributed by atoms with E-state index in [9.17, 15) is 17.6 Å². The van der Waals surface area contributed by atoms with Gasteiger partial charge in [-0.15, -0.1) is 0 Å². The highest BCUT2D eigenvalue weighted by atomic mass is 19.4. The van der Waals surface area contributed by atoms with Crippen LogP contribution in [0.3, 0.4) is 0 Å². The van der Waals surface area contributed by atoms with Crippen LogP contribution in [0.5, 0.6) is 0 Å². The molecule has 0 bridgehead atoms. The van der Waals surface area contributed by atoms with E-state index in [1.165, 1.54) is 12.4 Å². The molecule has 1 fully saturated rings. The molecule has 5 nitrogen and oxygen atoms in total. The minimum Gasteiger partial charge on any atom is -0.360 e. The summed E-state index contributed by atoms with van der Waals surface area (Å²) >= 11 is 0. The number of hydrogen-bond donors (Lipinski definition) is 1. The number of aryl methyl sites for hydroxylation is 1. The van der Waals surface area contributed by atoms with Crippen molar-refractivity contribution in [3.05, 3.63) is 52.7 Å². The Kier molecular flexibility index (Phi) is 3.47. The first kappa shape index (κ1) is 16.7. The number of benzene rings is 1. The second-order valence-electron chi connectivity index (χ2n) is 6.54. The van der Waals surface area contributed by atoms with Crippen LogP contribution in [-0.4, -0.2) is 19.6 Å². The normalized spacial score (nSPS) is 16.1. The average Bonchev–Trinajstić information content (AvgIpc) is 3.20. The molecule has 0 radical (unpaired) electrons. The molecule has 1 aromatic carbocycles. The number of fused-ring (bicyclic) bond motifs is 1. The summed E-state index contributed by atoms with van der Waals surface area (Å²) in [6.45, 7) is 3.71. The summed E-state index contributed by atoms with van der Waals surface area (Å²) in [5.74, 6) is -0.190. The largest absolute Gasteiger partial charge is 0.419 e. The van der Waals surface area contributed by atoms with Crippen LogP contribution in [0.2, 0.25) is 0 Å². The van der Waals surface area contributed by atoms with Gasteiger partial charge in [-0.3, -0.25) is 0 Å². The van der Waals surface area contributed by atoms with Gasteiger partial charge >= 0.3 is 6.18 Å². The van der Waals surface area contributed by atoms with Crippen molar-refractivity contribution in [1.29, 1.82) is 0 Å². The fourth-order valence-electron chi connectivity index (χ4n) is 3.06. The molecule has 2 heterocycles. The van der Waals surface area contributed by atoms with Gasteiger partial charge in [0.2, 0.25) is 0 Å². The van der Waals surface area contributed by atoms with Gasteiger partial charge in [-0.1, -0.05) is 6.07 Å². The Morgan fingerprint density at radius 3 is 2.54 bits per heavy atom. The maximum absolute atomic E-state index is 14.0. The molecule has 2 aromatic heterocycles.